The van der Waals surface area contributed by atoms with E-state index in [2.05, 4.69) is 132 Å². The van der Waals surface area contributed by atoms with Gasteiger partial charge in [0.25, 0.3) is 0 Å². The Labute approximate surface area is 314 Å². The second-order valence-electron chi connectivity index (χ2n) is 14.2. The van der Waals surface area contributed by atoms with E-state index >= 15 is 0 Å². The van der Waals surface area contributed by atoms with Crippen LogP contribution in [0.15, 0.2) is 96.6 Å². The van der Waals surface area contributed by atoms with Gasteiger partial charge in [0.2, 0.25) is 0 Å². The van der Waals surface area contributed by atoms with E-state index in [0.717, 1.165) is 22.9 Å². The van der Waals surface area contributed by atoms with E-state index in [9.17, 15) is 0 Å². The molecule has 0 saturated heterocycles. The minimum absolute atomic E-state index is 0.0472. The summed E-state index contributed by atoms with van der Waals surface area (Å²) in [6.07, 6.45) is 19.9. The van der Waals surface area contributed by atoms with Gasteiger partial charge in [0.15, 0.2) is 0 Å². The van der Waals surface area contributed by atoms with Crippen LogP contribution >= 0.6 is 23.2 Å². The van der Waals surface area contributed by atoms with Crippen LogP contribution < -0.4 is 0 Å². The maximum atomic E-state index is 5.51. The zero-order valence-electron chi connectivity index (χ0n) is 29.2. The molecule has 0 aliphatic heterocycles. The zero-order valence-corrected chi connectivity index (χ0v) is 33.2. The molecule has 0 aromatic heterocycles. The van der Waals surface area contributed by atoms with E-state index in [1.807, 2.05) is 36.4 Å². The second-order valence-corrected chi connectivity index (χ2v) is 15.1. The Hall–Kier alpha value is -2.83. The predicted molar refractivity (Wildman–Crippen MR) is 205 cm³/mol. The molecular formula is C45H44Cl2Zr-4. The minimum atomic E-state index is 0.0472. The molecule has 0 amide bonds. The molecule has 0 fully saturated rings. The van der Waals surface area contributed by atoms with Crippen LogP contribution in [0.3, 0.4) is 0 Å². The first-order valence-electron chi connectivity index (χ1n) is 16.3. The quantitative estimate of drug-likeness (QED) is 0.138. The molecule has 4 aromatic carbocycles. The van der Waals surface area contributed by atoms with Crippen LogP contribution in [-0.4, -0.2) is 4.21 Å². The fraction of sp³-hybridized carbons (Fsp3) is 0.267. The molecule has 8 rings (SSSR count). The number of hydrogen-bond donors (Lipinski definition) is 0. The molecule has 4 aliphatic carbocycles. The summed E-state index contributed by atoms with van der Waals surface area (Å²) in [6, 6.07) is 29.7. The number of benzene rings is 4. The van der Waals surface area contributed by atoms with E-state index in [-0.39, 0.29) is 10.8 Å². The summed E-state index contributed by atoms with van der Waals surface area (Å²) in [7, 11) is 0. The summed E-state index contributed by atoms with van der Waals surface area (Å²) < 4.78 is 3.34. The number of rotatable bonds is 0. The van der Waals surface area contributed by atoms with Crippen molar-refractivity contribution in [2.45, 2.75) is 72.1 Å². The molecule has 0 spiro atoms. The Kier molecular flexibility index (Phi) is 12.9. The van der Waals surface area contributed by atoms with Crippen molar-refractivity contribution in [2.75, 3.05) is 0 Å². The topological polar surface area (TPSA) is 0 Å². The van der Waals surface area contributed by atoms with Gasteiger partial charge in [-0.25, -0.2) is 12.2 Å². The van der Waals surface area contributed by atoms with Crippen LogP contribution in [0.5, 0.6) is 0 Å². The first-order valence-corrected chi connectivity index (χ1v) is 18.8. The van der Waals surface area contributed by atoms with Gasteiger partial charge in [-0.2, -0.15) is 101 Å². The van der Waals surface area contributed by atoms with Crippen LogP contribution in [0, 0.1) is 29.7 Å². The molecule has 0 atom stereocenters. The van der Waals surface area contributed by atoms with E-state index < -0.39 is 0 Å². The third-order valence-electron chi connectivity index (χ3n) is 8.76. The normalized spacial score (nSPS) is 15.8. The van der Waals surface area contributed by atoms with E-state index in [1.54, 1.807) is 12.1 Å². The molecule has 4 aromatic rings. The van der Waals surface area contributed by atoms with Gasteiger partial charge in [-0.15, -0.1) is 18.1 Å². The van der Waals surface area contributed by atoms with Gasteiger partial charge in [0, 0.05) is 5.41 Å². The van der Waals surface area contributed by atoms with Gasteiger partial charge in [0.1, 0.15) is 0 Å². The van der Waals surface area contributed by atoms with E-state index in [1.165, 1.54) is 74.3 Å². The van der Waals surface area contributed by atoms with Crippen LogP contribution in [0.25, 0.3) is 23.3 Å². The molecule has 0 unspecified atom stereocenters. The standard InChI is InChI=1S/C23H21.C9H13.2C6H4Cl.CH2.Zr/c1-22(2)7-5-14-10-18-16(12-20(14)22)9-17-13-21-15(11-19(17)18)6-8-23(21,3)4;1-9(2,3)8-6-4-5-7-8;2*7-6-4-2-1-3-5-6;;/h5-7,10-13H,9H2,1-4H3;6-7H,4H2,1-3H3;2*1-2,4-5H;1H2;/q4*-1;;. The van der Waals surface area contributed by atoms with Crippen molar-refractivity contribution in [3.8, 4) is 11.1 Å². The molecule has 0 radical (unpaired) electrons. The summed E-state index contributed by atoms with van der Waals surface area (Å²) in [4.78, 5) is 0. The monoisotopic (exact) mass is 744 g/mol. The maximum absolute atomic E-state index is 5.51. The summed E-state index contributed by atoms with van der Waals surface area (Å²) in [5.41, 5.74) is 13.4. The number of halogens is 2. The average molecular weight is 747 g/mol. The molecule has 4 aliphatic rings. The molecule has 0 N–H and O–H groups in total. The van der Waals surface area contributed by atoms with Gasteiger partial charge < -0.3 is 0 Å². The van der Waals surface area contributed by atoms with Crippen LogP contribution in [-0.2, 0) is 41.5 Å². The number of hydrogen-bond acceptors (Lipinski definition) is 0. The molecule has 246 valence electrons. The van der Waals surface area contributed by atoms with Gasteiger partial charge in [-0.05, 0) is 45.9 Å². The van der Waals surface area contributed by atoms with Gasteiger partial charge >= 0.3 is 28.4 Å². The Balaban J connectivity index is 0.000000171. The molecule has 0 saturated carbocycles. The predicted octanol–water partition coefficient (Wildman–Crippen LogP) is 12.6. The number of allylic oxidation sites excluding steroid dienone is 6. The van der Waals surface area contributed by atoms with Gasteiger partial charge in [-0.3, -0.25) is 12.2 Å². The van der Waals surface area contributed by atoms with Crippen molar-refractivity contribution in [3.63, 3.8) is 0 Å². The van der Waals surface area contributed by atoms with Crippen LogP contribution in [0.4, 0.5) is 0 Å². The zero-order chi connectivity index (χ0) is 35.1. The summed E-state index contributed by atoms with van der Waals surface area (Å²) in [6.45, 7) is 15.8. The van der Waals surface area contributed by atoms with Crippen LogP contribution in [0.2, 0.25) is 10.0 Å². The first-order chi connectivity index (χ1) is 22.7. The Morgan fingerprint density at radius 1 is 0.771 bits per heavy atom. The van der Waals surface area contributed by atoms with Crippen molar-refractivity contribution < 1.29 is 24.2 Å². The molecule has 3 heteroatoms. The average Bonchev–Trinajstić information content (AvgIpc) is 3.84. The van der Waals surface area contributed by atoms with Crippen molar-refractivity contribution in [3.05, 3.63) is 164 Å². The third-order valence-corrected chi connectivity index (χ3v) is 9.23. The SMILES string of the molecule is CC(C)(C)C1=CC[C-]=C1.CC1(C)[C-]=Cc2cc3c(cc21)Cc1cc2c(cc1-3)C=CC2(C)C.Clc1c[c-]ccc1.Clc1c[c-]ccc1.[CH2]=[Zr]. The summed E-state index contributed by atoms with van der Waals surface area (Å²) in [5, 5.41) is 1.48. The van der Waals surface area contributed by atoms with Crippen molar-refractivity contribution in [2.24, 2.45) is 5.41 Å². The second kappa shape index (κ2) is 16.3. The van der Waals surface area contributed by atoms with Crippen molar-refractivity contribution >= 4 is 39.6 Å². The van der Waals surface area contributed by atoms with Gasteiger partial charge in [0.05, 0.1) is 0 Å². The van der Waals surface area contributed by atoms with Gasteiger partial charge in [-0.1, -0.05) is 93.6 Å². The molecule has 48 heavy (non-hydrogen) atoms. The van der Waals surface area contributed by atoms with E-state index in [0.29, 0.717) is 5.41 Å². The van der Waals surface area contributed by atoms with Crippen LogP contribution in [0.1, 0.15) is 88.3 Å². The Morgan fingerprint density at radius 3 is 1.77 bits per heavy atom. The Morgan fingerprint density at radius 2 is 1.33 bits per heavy atom. The number of fused-ring (bicyclic) bond motifs is 5. The van der Waals surface area contributed by atoms with Crippen molar-refractivity contribution in [1.29, 1.82) is 0 Å². The summed E-state index contributed by atoms with van der Waals surface area (Å²) >= 11 is 12.3. The third kappa shape index (κ3) is 9.44. The Bertz CT molecular complexity index is 1720. The molecule has 0 heterocycles. The fourth-order valence-electron chi connectivity index (χ4n) is 6.06. The fourth-order valence-corrected chi connectivity index (χ4v) is 6.34. The summed E-state index contributed by atoms with van der Waals surface area (Å²) in [5.74, 6) is 0. The molecule has 0 bridgehead atoms. The van der Waals surface area contributed by atoms with E-state index in [4.69, 9.17) is 23.2 Å². The molecular weight excluding hydrogens is 703 g/mol. The van der Waals surface area contributed by atoms with Crippen molar-refractivity contribution in [1.82, 2.24) is 0 Å². The first kappa shape index (κ1) is 38.0. The molecule has 0 nitrogen and oxygen atoms in total.